The van der Waals surface area contributed by atoms with Gasteiger partial charge in [0.05, 0.1) is 6.61 Å². The fraction of sp³-hybridized carbons (Fsp3) is 0.875. The Morgan fingerprint density at radius 1 is 1.15 bits per heavy atom. The van der Waals surface area contributed by atoms with Crippen LogP contribution in [0.2, 0.25) is 0 Å². The number of esters is 1. The van der Waals surface area contributed by atoms with Crippen LogP contribution >= 0.6 is 7.82 Å². The van der Waals surface area contributed by atoms with Crippen molar-refractivity contribution in [2.75, 3.05) is 19.9 Å². The van der Waals surface area contributed by atoms with E-state index < -0.39 is 58.1 Å². The van der Waals surface area contributed by atoms with Crippen LogP contribution < -0.4 is 0 Å². The van der Waals surface area contributed by atoms with Gasteiger partial charge < -0.3 is 34.9 Å². The maximum atomic E-state index is 11.7. The molecule has 0 saturated carbocycles. The number of hydrogen-bond donors (Lipinski definition) is 6. The fourth-order valence-corrected chi connectivity index (χ4v) is 1.40. The SMILES string of the molecule is O=C(OCCF)C(O)C(O)C(O)C(O)COP(=O)(O)O. The molecule has 0 aliphatic rings. The lowest BCUT2D eigenvalue weighted by Crippen LogP contribution is -2.49. The number of carbonyl (C=O) groups is 1. The number of aliphatic hydroxyl groups is 4. The maximum absolute atomic E-state index is 11.7. The van der Waals surface area contributed by atoms with Crippen LogP contribution in [0.15, 0.2) is 0 Å². The van der Waals surface area contributed by atoms with Crippen LogP contribution in [0.1, 0.15) is 0 Å². The number of carbonyl (C=O) groups excluding carboxylic acids is 1. The van der Waals surface area contributed by atoms with Crippen molar-refractivity contribution in [1.82, 2.24) is 0 Å². The van der Waals surface area contributed by atoms with Crippen molar-refractivity contribution in [1.29, 1.82) is 0 Å². The van der Waals surface area contributed by atoms with Crippen LogP contribution in [0, 0.1) is 0 Å². The number of alkyl halides is 1. The van der Waals surface area contributed by atoms with Gasteiger partial charge >= 0.3 is 13.8 Å². The summed E-state index contributed by atoms with van der Waals surface area (Å²) < 4.78 is 30.1. The van der Waals surface area contributed by atoms with E-state index in [-0.39, 0.29) is 0 Å². The van der Waals surface area contributed by atoms with E-state index in [0.717, 1.165) is 0 Å². The second kappa shape index (κ2) is 8.60. The molecule has 20 heavy (non-hydrogen) atoms. The molecular formula is C8H16FO10P. The summed E-state index contributed by atoms with van der Waals surface area (Å²) in [5.41, 5.74) is 0. The molecule has 6 N–H and O–H groups in total. The molecule has 120 valence electrons. The van der Waals surface area contributed by atoms with Gasteiger partial charge in [0.25, 0.3) is 0 Å². The quantitative estimate of drug-likeness (QED) is 0.190. The molecule has 4 unspecified atom stereocenters. The van der Waals surface area contributed by atoms with Crippen molar-refractivity contribution in [3.8, 4) is 0 Å². The van der Waals surface area contributed by atoms with Gasteiger partial charge in [0.2, 0.25) is 0 Å². The molecule has 0 aromatic rings. The van der Waals surface area contributed by atoms with E-state index in [2.05, 4.69) is 9.26 Å². The zero-order chi connectivity index (χ0) is 15.9. The number of rotatable bonds is 9. The van der Waals surface area contributed by atoms with Crippen molar-refractivity contribution >= 4 is 13.8 Å². The highest BCUT2D eigenvalue weighted by molar-refractivity contribution is 7.46. The van der Waals surface area contributed by atoms with Gasteiger partial charge in [0.15, 0.2) is 6.10 Å². The number of ether oxygens (including phenoxy) is 1. The minimum Gasteiger partial charge on any atom is -0.461 e. The molecule has 0 spiro atoms. The Labute approximate surface area is 112 Å². The molecule has 0 aliphatic heterocycles. The topological polar surface area (TPSA) is 174 Å². The van der Waals surface area contributed by atoms with Gasteiger partial charge in [-0.25, -0.2) is 13.8 Å². The van der Waals surface area contributed by atoms with E-state index in [0.29, 0.717) is 0 Å². The van der Waals surface area contributed by atoms with Crippen LogP contribution in [0.25, 0.3) is 0 Å². The largest absolute Gasteiger partial charge is 0.469 e. The van der Waals surface area contributed by atoms with Crippen LogP contribution in [-0.4, -0.2) is 80.5 Å². The molecule has 0 amide bonds. The summed E-state index contributed by atoms with van der Waals surface area (Å²) in [5, 5.41) is 37.2. The van der Waals surface area contributed by atoms with Crippen molar-refractivity contribution in [2.45, 2.75) is 24.4 Å². The number of phosphoric acid groups is 1. The van der Waals surface area contributed by atoms with Gasteiger partial charge in [0.1, 0.15) is 31.6 Å². The van der Waals surface area contributed by atoms with E-state index in [1.807, 2.05) is 0 Å². The monoisotopic (exact) mass is 322 g/mol. The third-order valence-corrected chi connectivity index (χ3v) is 2.53. The fourth-order valence-electron chi connectivity index (χ4n) is 1.05. The van der Waals surface area contributed by atoms with E-state index in [4.69, 9.17) is 9.79 Å². The second-order valence-corrected chi connectivity index (χ2v) is 4.88. The Balaban J connectivity index is 4.40. The van der Waals surface area contributed by atoms with E-state index in [1.54, 1.807) is 0 Å². The molecular weight excluding hydrogens is 306 g/mol. The number of halogens is 1. The Morgan fingerprint density at radius 2 is 1.70 bits per heavy atom. The lowest BCUT2D eigenvalue weighted by molar-refractivity contribution is -0.170. The van der Waals surface area contributed by atoms with E-state index in [1.165, 1.54) is 0 Å². The smallest absolute Gasteiger partial charge is 0.461 e. The van der Waals surface area contributed by atoms with Crippen LogP contribution in [0.4, 0.5) is 4.39 Å². The summed E-state index contributed by atoms with van der Waals surface area (Å²) in [6.45, 7) is -2.74. The molecule has 0 aromatic carbocycles. The van der Waals surface area contributed by atoms with Crippen molar-refractivity contribution in [2.24, 2.45) is 0 Å². The molecule has 0 aromatic heterocycles. The first-order valence-corrected chi connectivity index (χ1v) is 6.78. The Hall–Kier alpha value is -0.650. The zero-order valence-corrected chi connectivity index (χ0v) is 11.0. The van der Waals surface area contributed by atoms with Crippen LogP contribution in [0.3, 0.4) is 0 Å². The van der Waals surface area contributed by atoms with Crippen LogP contribution in [0.5, 0.6) is 0 Å². The molecule has 0 saturated heterocycles. The molecule has 0 rings (SSSR count). The number of phosphoric ester groups is 1. The van der Waals surface area contributed by atoms with Crippen LogP contribution in [-0.2, 0) is 18.6 Å². The summed E-state index contributed by atoms with van der Waals surface area (Å²) in [6.07, 6.45) is -8.66. The average Bonchev–Trinajstić information content (AvgIpc) is 2.38. The van der Waals surface area contributed by atoms with Gasteiger partial charge in [0, 0.05) is 0 Å². The third kappa shape index (κ3) is 7.22. The maximum Gasteiger partial charge on any atom is 0.469 e. The van der Waals surface area contributed by atoms with Gasteiger partial charge in [-0.1, -0.05) is 0 Å². The molecule has 0 fully saturated rings. The number of aliphatic hydroxyl groups excluding tert-OH is 4. The molecule has 0 heterocycles. The summed E-state index contributed by atoms with van der Waals surface area (Å²) >= 11 is 0. The van der Waals surface area contributed by atoms with Gasteiger partial charge in [-0.2, -0.15) is 0 Å². The van der Waals surface area contributed by atoms with Gasteiger partial charge in [-0.3, -0.25) is 4.52 Å². The second-order valence-electron chi connectivity index (χ2n) is 3.64. The Morgan fingerprint density at radius 3 is 2.15 bits per heavy atom. The van der Waals surface area contributed by atoms with Gasteiger partial charge in [-0.05, 0) is 0 Å². The Bertz CT molecular complexity index is 346. The molecule has 0 bridgehead atoms. The standard InChI is InChI=1S/C8H16FO10P/c9-1-2-18-8(14)7(13)6(12)5(11)4(10)3-19-20(15,16)17/h4-7,10-13H,1-3H2,(H2,15,16,17). The van der Waals surface area contributed by atoms with Gasteiger partial charge in [-0.15, -0.1) is 0 Å². The summed E-state index contributed by atoms with van der Waals surface area (Å²) in [5.74, 6) is -1.43. The first kappa shape index (κ1) is 19.4. The van der Waals surface area contributed by atoms with Crippen molar-refractivity contribution in [3.05, 3.63) is 0 Å². The first-order chi connectivity index (χ1) is 9.10. The summed E-state index contributed by atoms with van der Waals surface area (Å²) in [4.78, 5) is 27.8. The molecule has 12 heteroatoms. The lowest BCUT2D eigenvalue weighted by Gasteiger charge is -2.25. The average molecular weight is 322 g/mol. The molecule has 0 aliphatic carbocycles. The molecule has 4 atom stereocenters. The summed E-state index contributed by atoms with van der Waals surface area (Å²) in [6, 6.07) is 0. The van der Waals surface area contributed by atoms with Crippen molar-refractivity contribution in [3.63, 3.8) is 0 Å². The predicted octanol–water partition coefficient (Wildman–Crippen LogP) is -2.95. The van der Waals surface area contributed by atoms with Crippen molar-refractivity contribution < 1.29 is 53.2 Å². The third-order valence-electron chi connectivity index (χ3n) is 2.04. The minimum absolute atomic E-state index is 0.664. The normalized spacial score (nSPS) is 18.1. The van der Waals surface area contributed by atoms with E-state index >= 15 is 0 Å². The Kier molecular flexibility index (Phi) is 8.32. The first-order valence-electron chi connectivity index (χ1n) is 5.25. The predicted molar refractivity (Wildman–Crippen MR) is 59.0 cm³/mol. The summed E-state index contributed by atoms with van der Waals surface area (Å²) in [7, 11) is -4.90. The highest BCUT2D eigenvalue weighted by Gasteiger charge is 2.36. The minimum atomic E-state index is -4.90. The molecule has 10 nitrogen and oxygen atoms in total. The lowest BCUT2D eigenvalue weighted by atomic mass is 10.0. The van der Waals surface area contributed by atoms with E-state index in [9.17, 15) is 34.2 Å². The highest BCUT2D eigenvalue weighted by Crippen LogP contribution is 2.35. The molecule has 0 radical (unpaired) electrons. The number of hydrogen-bond acceptors (Lipinski definition) is 8. The zero-order valence-electron chi connectivity index (χ0n) is 10.1. The highest BCUT2D eigenvalue weighted by atomic mass is 31.2.